The van der Waals surface area contributed by atoms with E-state index in [2.05, 4.69) is 0 Å². The summed E-state index contributed by atoms with van der Waals surface area (Å²) in [5.74, 6) is 0. The fourth-order valence-corrected chi connectivity index (χ4v) is 0. The van der Waals surface area contributed by atoms with E-state index in [4.69, 9.17) is 39.9 Å². The van der Waals surface area contributed by atoms with Crippen LogP contribution >= 0.6 is 34.8 Å². The second-order valence-corrected chi connectivity index (χ2v) is 4.25. The van der Waals surface area contributed by atoms with Crippen molar-refractivity contribution in [3.63, 3.8) is 0 Å². The van der Waals surface area contributed by atoms with Gasteiger partial charge in [-0.2, -0.15) is 0 Å². The van der Waals surface area contributed by atoms with E-state index in [0.717, 1.165) is 0 Å². The molecule has 0 atom stereocenters. The molecular weight excluding hydrogens is 186 g/mol. The van der Waals surface area contributed by atoms with Crippen LogP contribution in [-0.4, -0.2) is 20.0 Å². The SMILES string of the molecule is CC(C)(Cl)C(O)(Cl)Cl.O. The summed E-state index contributed by atoms with van der Waals surface area (Å²) in [5.41, 5.74) is 0. The Hall–Kier alpha value is 0.790. The zero-order chi connectivity index (χ0) is 7.00. The van der Waals surface area contributed by atoms with Crippen LogP contribution in [0.1, 0.15) is 13.8 Å². The van der Waals surface area contributed by atoms with E-state index >= 15 is 0 Å². The summed E-state index contributed by atoms with van der Waals surface area (Å²) in [5, 5.41) is 8.75. The molecule has 0 heterocycles. The highest BCUT2D eigenvalue weighted by molar-refractivity contribution is 6.51. The minimum absolute atomic E-state index is 0. The smallest absolute Gasteiger partial charge is 0.233 e. The maximum atomic E-state index is 8.75. The standard InChI is InChI=1S/C4H7Cl3O.H2O/c1-3(2,5)4(6,7)8;/h8H,1-2H3;1H2. The molecule has 0 aromatic heterocycles. The largest absolute Gasteiger partial charge is 0.412 e. The molecule has 2 nitrogen and oxygen atoms in total. The minimum atomic E-state index is -1.85. The van der Waals surface area contributed by atoms with E-state index in [1.807, 2.05) is 0 Å². The predicted octanol–water partition coefficient (Wildman–Crippen LogP) is 1.30. The van der Waals surface area contributed by atoms with Crippen LogP contribution < -0.4 is 0 Å². The van der Waals surface area contributed by atoms with Crippen molar-refractivity contribution in [3.05, 3.63) is 0 Å². The maximum absolute atomic E-state index is 8.75. The first kappa shape index (κ1) is 12.5. The molecule has 0 saturated heterocycles. The summed E-state index contributed by atoms with van der Waals surface area (Å²) in [7, 11) is 0. The molecule has 0 saturated carbocycles. The van der Waals surface area contributed by atoms with Crippen LogP contribution in [0.3, 0.4) is 0 Å². The average Bonchev–Trinajstić information content (AvgIpc) is 1.25. The van der Waals surface area contributed by atoms with Crippen LogP contribution in [0, 0.1) is 0 Å². The van der Waals surface area contributed by atoms with Crippen LogP contribution in [0.4, 0.5) is 0 Å². The normalized spacial score (nSPS) is 12.7. The third kappa shape index (κ3) is 4.23. The monoisotopic (exact) mass is 194 g/mol. The summed E-state index contributed by atoms with van der Waals surface area (Å²) in [6, 6.07) is 0. The van der Waals surface area contributed by atoms with Crippen LogP contribution in [0.15, 0.2) is 0 Å². The third-order valence-electron chi connectivity index (χ3n) is 0.715. The Morgan fingerprint density at radius 2 is 1.22 bits per heavy atom. The second-order valence-electron chi connectivity index (χ2n) is 2.01. The molecule has 3 N–H and O–H groups in total. The van der Waals surface area contributed by atoms with Gasteiger partial charge in [-0.1, -0.05) is 23.2 Å². The van der Waals surface area contributed by atoms with Crippen molar-refractivity contribution in [1.82, 2.24) is 0 Å². The molecule has 0 spiro atoms. The fourth-order valence-electron chi connectivity index (χ4n) is 0. The van der Waals surface area contributed by atoms with Crippen molar-refractivity contribution in [2.24, 2.45) is 0 Å². The minimum Gasteiger partial charge on any atom is -0.412 e. The van der Waals surface area contributed by atoms with Gasteiger partial charge in [-0.25, -0.2) is 0 Å². The first-order valence-corrected chi connectivity index (χ1v) is 3.17. The molecule has 0 aliphatic rings. The third-order valence-corrected chi connectivity index (χ3v) is 2.13. The number of aliphatic hydroxyl groups is 1. The Labute approximate surface area is 69.0 Å². The van der Waals surface area contributed by atoms with Gasteiger partial charge in [0.05, 0.1) is 4.87 Å². The van der Waals surface area contributed by atoms with Gasteiger partial charge in [0.25, 0.3) is 0 Å². The van der Waals surface area contributed by atoms with Gasteiger partial charge in [0.15, 0.2) is 0 Å². The van der Waals surface area contributed by atoms with E-state index in [-0.39, 0.29) is 5.48 Å². The molecule has 58 valence electrons. The number of hydrogen-bond acceptors (Lipinski definition) is 1. The lowest BCUT2D eigenvalue weighted by molar-refractivity contribution is 0.177. The highest BCUT2D eigenvalue weighted by Crippen LogP contribution is 2.35. The molecule has 0 aliphatic carbocycles. The summed E-state index contributed by atoms with van der Waals surface area (Å²) in [4.78, 5) is -1.00. The lowest BCUT2D eigenvalue weighted by Crippen LogP contribution is -2.34. The molecule has 0 radical (unpaired) electrons. The molecule has 0 fully saturated rings. The van der Waals surface area contributed by atoms with E-state index in [1.54, 1.807) is 0 Å². The van der Waals surface area contributed by atoms with E-state index < -0.39 is 9.39 Å². The Bertz CT molecular complexity index is 68.8. The summed E-state index contributed by atoms with van der Waals surface area (Å²) in [6.07, 6.45) is 0. The molecule has 0 aromatic rings. The zero-order valence-corrected chi connectivity index (χ0v) is 7.35. The number of hydrogen-bond donors (Lipinski definition) is 1. The molecule has 5 heteroatoms. The van der Waals surface area contributed by atoms with Crippen LogP contribution in [0.2, 0.25) is 0 Å². The average molecular weight is 195 g/mol. The van der Waals surface area contributed by atoms with E-state index in [0.29, 0.717) is 0 Å². The number of alkyl halides is 3. The molecule has 0 aliphatic heterocycles. The van der Waals surface area contributed by atoms with E-state index in [9.17, 15) is 0 Å². The van der Waals surface area contributed by atoms with Crippen LogP contribution in [0.5, 0.6) is 0 Å². The van der Waals surface area contributed by atoms with Gasteiger partial charge in [-0.15, -0.1) is 11.6 Å². The maximum Gasteiger partial charge on any atom is 0.233 e. The van der Waals surface area contributed by atoms with Gasteiger partial charge in [-0.3, -0.25) is 0 Å². The van der Waals surface area contributed by atoms with Crippen molar-refractivity contribution < 1.29 is 10.6 Å². The van der Waals surface area contributed by atoms with Crippen molar-refractivity contribution in [2.75, 3.05) is 0 Å². The first-order valence-electron chi connectivity index (χ1n) is 2.04. The van der Waals surface area contributed by atoms with Gasteiger partial charge >= 0.3 is 0 Å². The van der Waals surface area contributed by atoms with E-state index in [1.165, 1.54) is 13.8 Å². The van der Waals surface area contributed by atoms with Gasteiger partial charge in [0.2, 0.25) is 4.52 Å². The molecule has 0 aromatic carbocycles. The lowest BCUT2D eigenvalue weighted by Gasteiger charge is -2.25. The topological polar surface area (TPSA) is 51.7 Å². The quantitative estimate of drug-likeness (QED) is 0.630. The Morgan fingerprint density at radius 3 is 1.22 bits per heavy atom. The van der Waals surface area contributed by atoms with Gasteiger partial charge in [0.1, 0.15) is 0 Å². The summed E-state index contributed by atoms with van der Waals surface area (Å²) in [6.45, 7) is 3.04. The van der Waals surface area contributed by atoms with Crippen molar-refractivity contribution >= 4 is 34.8 Å². The lowest BCUT2D eigenvalue weighted by atomic mass is 10.2. The highest BCUT2D eigenvalue weighted by Gasteiger charge is 2.38. The summed E-state index contributed by atoms with van der Waals surface area (Å²) >= 11 is 15.9. The van der Waals surface area contributed by atoms with Gasteiger partial charge in [0, 0.05) is 0 Å². The highest BCUT2D eigenvalue weighted by atomic mass is 35.5. The van der Waals surface area contributed by atoms with Crippen molar-refractivity contribution in [2.45, 2.75) is 23.2 Å². The number of rotatable bonds is 1. The Morgan fingerprint density at radius 1 is 1.11 bits per heavy atom. The van der Waals surface area contributed by atoms with Crippen molar-refractivity contribution in [1.29, 1.82) is 0 Å². The van der Waals surface area contributed by atoms with Gasteiger partial charge in [-0.05, 0) is 13.8 Å². The molecule has 0 bridgehead atoms. The second kappa shape index (κ2) is 3.26. The molecule has 9 heavy (non-hydrogen) atoms. The molecule has 0 rings (SSSR count). The molecular formula is C4H9Cl3O2. The fraction of sp³-hybridized carbons (Fsp3) is 1.00. The molecule has 0 unspecified atom stereocenters. The predicted molar refractivity (Wildman–Crippen MR) is 40.2 cm³/mol. The first-order chi connectivity index (χ1) is 3.25. The van der Waals surface area contributed by atoms with Crippen molar-refractivity contribution in [3.8, 4) is 0 Å². The van der Waals surface area contributed by atoms with Crippen LogP contribution in [0.25, 0.3) is 0 Å². The number of halogens is 3. The van der Waals surface area contributed by atoms with Gasteiger partial charge < -0.3 is 10.6 Å². The molecule has 0 amide bonds. The summed E-state index contributed by atoms with van der Waals surface area (Å²) < 4.78 is -1.85. The van der Waals surface area contributed by atoms with Crippen LogP contribution in [-0.2, 0) is 0 Å². The Balaban J connectivity index is 0. The zero-order valence-electron chi connectivity index (χ0n) is 5.08. The Kier molecular flexibility index (Phi) is 4.52.